The molecule has 0 spiro atoms. The first kappa shape index (κ1) is 16.1. The van der Waals surface area contributed by atoms with Gasteiger partial charge in [-0.1, -0.05) is 30.3 Å². The van der Waals surface area contributed by atoms with Crippen molar-refractivity contribution in [1.82, 2.24) is 20.4 Å². The maximum atomic E-state index is 11.8. The fourth-order valence-corrected chi connectivity index (χ4v) is 2.55. The molecular weight excluding hydrogens is 276 g/mol. The summed E-state index contributed by atoms with van der Waals surface area (Å²) in [4.78, 5) is 11.8. The zero-order chi connectivity index (χ0) is 15.9. The predicted octanol–water partition coefficient (Wildman–Crippen LogP) is 2.56. The highest BCUT2D eigenvalue weighted by Crippen LogP contribution is 2.13. The number of carbonyl (C=O) groups excluding carboxylic acids is 1. The minimum atomic E-state index is -0.137. The van der Waals surface area contributed by atoms with E-state index in [0.29, 0.717) is 13.1 Å². The van der Waals surface area contributed by atoms with E-state index in [9.17, 15) is 4.79 Å². The van der Waals surface area contributed by atoms with Gasteiger partial charge in [-0.2, -0.15) is 5.10 Å². The summed E-state index contributed by atoms with van der Waals surface area (Å²) < 4.78 is 2.00. The van der Waals surface area contributed by atoms with Crippen molar-refractivity contribution in [3.63, 3.8) is 0 Å². The number of hydrogen-bond donors (Lipinski definition) is 2. The van der Waals surface area contributed by atoms with E-state index < -0.39 is 0 Å². The van der Waals surface area contributed by atoms with E-state index in [2.05, 4.69) is 29.6 Å². The number of nitrogens with one attached hydrogen (secondary N) is 2. The molecule has 2 N–H and O–H groups in total. The third-order valence-corrected chi connectivity index (χ3v) is 3.79. The Morgan fingerprint density at radius 3 is 2.55 bits per heavy atom. The van der Waals surface area contributed by atoms with E-state index in [1.165, 1.54) is 11.3 Å². The van der Waals surface area contributed by atoms with Crippen LogP contribution in [0.3, 0.4) is 0 Å². The number of aromatic nitrogens is 2. The Balaban J connectivity index is 1.76. The standard InChI is InChI=1S/C17H24N4O/c1-4-21-14(3)16(13(2)20-21)10-11-18-17(22)19-12-15-8-6-5-7-9-15/h5-9H,4,10-12H2,1-3H3,(H2,18,19,22). The Morgan fingerprint density at radius 2 is 1.91 bits per heavy atom. The molecule has 0 radical (unpaired) electrons. The van der Waals surface area contributed by atoms with Crippen LogP contribution in [-0.4, -0.2) is 22.4 Å². The Bertz CT molecular complexity index is 619. The first-order valence-corrected chi connectivity index (χ1v) is 7.70. The second-order valence-electron chi connectivity index (χ2n) is 5.31. The number of amides is 2. The fourth-order valence-electron chi connectivity index (χ4n) is 2.55. The van der Waals surface area contributed by atoms with E-state index in [4.69, 9.17) is 0 Å². The average Bonchev–Trinajstić information content (AvgIpc) is 2.81. The van der Waals surface area contributed by atoms with E-state index >= 15 is 0 Å². The topological polar surface area (TPSA) is 59.0 Å². The molecule has 0 saturated carbocycles. The molecular formula is C17H24N4O. The summed E-state index contributed by atoms with van der Waals surface area (Å²) in [5.74, 6) is 0. The number of benzene rings is 1. The molecule has 2 aromatic rings. The molecule has 0 atom stereocenters. The van der Waals surface area contributed by atoms with Crippen molar-refractivity contribution in [1.29, 1.82) is 0 Å². The van der Waals surface area contributed by atoms with Crippen molar-refractivity contribution in [2.75, 3.05) is 6.54 Å². The van der Waals surface area contributed by atoms with Crippen LogP contribution in [0.1, 0.15) is 29.4 Å². The first-order valence-electron chi connectivity index (χ1n) is 7.70. The summed E-state index contributed by atoms with van der Waals surface area (Å²) >= 11 is 0. The monoisotopic (exact) mass is 300 g/mol. The van der Waals surface area contributed by atoms with Gasteiger partial charge >= 0.3 is 6.03 Å². The highest BCUT2D eigenvalue weighted by Gasteiger charge is 2.10. The summed E-state index contributed by atoms with van der Waals surface area (Å²) in [7, 11) is 0. The molecule has 1 aromatic carbocycles. The van der Waals surface area contributed by atoms with Gasteiger partial charge in [0, 0.05) is 25.3 Å². The number of rotatable bonds is 6. The maximum absolute atomic E-state index is 11.8. The molecule has 0 aliphatic heterocycles. The van der Waals surface area contributed by atoms with Crippen LogP contribution in [-0.2, 0) is 19.5 Å². The molecule has 118 valence electrons. The summed E-state index contributed by atoms with van der Waals surface area (Å²) in [5.41, 5.74) is 4.55. The lowest BCUT2D eigenvalue weighted by Gasteiger charge is -2.08. The smallest absolute Gasteiger partial charge is 0.315 e. The van der Waals surface area contributed by atoms with Gasteiger partial charge in [-0.15, -0.1) is 0 Å². The van der Waals surface area contributed by atoms with E-state index in [-0.39, 0.29) is 6.03 Å². The molecule has 1 aromatic heterocycles. The van der Waals surface area contributed by atoms with Crippen molar-refractivity contribution in [3.8, 4) is 0 Å². The molecule has 5 nitrogen and oxygen atoms in total. The van der Waals surface area contributed by atoms with Gasteiger partial charge in [-0.25, -0.2) is 4.79 Å². The van der Waals surface area contributed by atoms with Gasteiger partial charge in [0.15, 0.2) is 0 Å². The van der Waals surface area contributed by atoms with Gasteiger partial charge in [0.1, 0.15) is 0 Å². The van der Waals surface area contributed by atoms with Gasteiger partial charge in [-0.05, 0) is 38.3 Å². The van der Waals surface area contributed by atoms with E-state index in [1.54, 1.807) is 0 Å². The van der Waals surface area contributed by atoms with Crippen molar-refractivity contribution < 1.29 is 4.79 Å². The lowest BCUT2D eigenvalue weighted by Crippen LogP contribution is -2.36. The lowest BCUT2D eigenvalue weighted by molar-refractivity contribution is 0.240. The predicted molar refractivity (Wildman–Crippen MR) is 87.8 cm³/mol. The zero-order valence-corrected chi connectivity index (χ0v) is 13.5. The van der Waals surface area contributed by atoms with Crippen LogP contribution in [0.5, 0.6) is 0 Å². The van der Waals surface area contributed by atoms with Gasteiger partial charge in [0.2, 0.25) is 0 Å². The second kappa shape index (κ2) is 7.64. The highest BCUT2D eigenvalue weighted by molar-refractivity contribution is 5.73. The van der Waals surface area contributed by atoms with Gasteiger partial charge in [0.05, 0.1) is 5.69 Å². The molecule has 22 heavy (non-hydrogen) atoms. The zero-order valence-electron chi connectivity index (χ0n) is 13.5. The molecule has 2 amide bonds. The summed E-state index contributed by atoms with van der Waals surface area (Å²) in [6, 6.07) is 9.74. The highest BCUT2D eigenvalue weighted by atomic mass is 16.2. The van der Waals surface area contributed by atoms with Crippen LogP contribution in [0, 0.1) is 13.8 Å². The Morgan fingerprint density at radius 1 is 1.18 bits per heavy atom. The molecule has 0 fully saturated rings. The number of aryl methyl sites for hydroxylation is 2. The normalized spacial score (nSPS) is 10.5. The van der Waals surface area contributed by atoms with Crippen LogP contribution in [0.4, 0.5) is 4.79 Å². The quantitative estimate of drug-likeness (QED) is 0.861. The van der Waals surface area contributed by atoms with Crippen LogP contribution in [0.25, 0.3) is 0 Å². The van der Waals surface area contributed by atoms with Crippen molar-refractivity contribution in [2.24, 2.45) is 0 Å². The maximum Gasteiger partial charge on any atom is 0.315 e. The fraction of sp³-hybridized carbons (Fsp3) is 0.412. The van der Waals surface area contributed by atoms with E-state index in [1.807, 2.05) is 41.9 Å². The largest absolute Gasteiger partial charge is 0.338 e. The van der Waals surface area contributed by atoms with Crippen molar-refractivity contribution in [2.45, 2.75) is 40.3 Å². The first-order chi connectivity index (χ1) is 10.6. The van der Waals surface area contributed by atoms with Crippen LogP contribution in [0.2, 0.25) is 0 Å². The van der Waals surface area contributed by atoms with Gasteiger partial charge < -0.3 is 10.6 Å². The Labute approximate surface area is 131 Å². The summed E-state index contributed by atoms with van der Waals surface area (Å²) in [5, 5.41) is 10.2. The molecule has 0 bridgehead atoms. The molecule has 5 heteroatoms. The molecule has 0 unspecified atom stereocenters. The third kappa shape index (κ3) is 4.10. The number of nitrogens with zero attached hydrogens (tertiary/aromatic N) is 2. The molecule has 0 aliphatic rings. The molecule has 0 saturated heterocycles. The average molecular weight is 300 g/mol. The number of urea groups is 1. The van der Waals surface area contributed by atoms with Gasteiger partial charge in [-0.3, -0.25) is 4.68 Å². The molecule has 1 heterocycles. The van der Waals surface area contributed by atoms with Gasteiger partial charge in [0.25, 0.3) is 0 Å². The van der Waals surface area contributed by atoms with Crippen molar-refractivity contribution >= 4 is 6.03 Å². The SMILES string of the molecule is CCn1nc(C)c(CCNC(=O)NCc2ccccc2)c1C. The molecule has 0 aliphatic carbocycles. The van der Waals surface area contributed by atoms with Crippen molar-refractivity contribution in [3.05, 3.63) is 52.8 Å². The third-order valence-electron chi connectivity index (χ3n) is 3.79. The minimum Gasteiger partial charge on any atom is -0.338 e. The van der Waals surface area contributed by atoms with Crippen LogP contribution < -0.4 is 10.6 Å². The van der Waals surface area contributed by atoms with Crippen LogP contribution >= 0.6 is 0 Å². The summed E-state index contributed by atoms with van der Waals surface area (Å²) in [6.45, 7) is 8.20. The summed E-state index contributed by atoms with van der Waals surface area (Å²) in [6.07, 6.45) is 0.802. The number of hydrogen-bond acceptors (Lipinski definition) is 2. The van der Waals surface area contributed by atoms with Crippen LogP contribution in [0.15, 0.2) is 30.3 Å². The minimum absolute atomic E-state index is 0.137. The second-order valence-corrected chi connectivity index (χ2v) is 5.31. The lowest BCUT2D eigenvalue weighted by atomic mass is 10.1. The van der Waals surface area contributed by atoms with E-state index in [0.717, 1.165) is 24.2 Å². The molecule has 2 rings (SSSR count). The number of carbonyl (C=O) groups is 1. The Hall–Kier alpha value is -2.30. The Kier molecular flexibility index (Phi) is 5.58.